The molecule has 2 fully saturated rings. The van der Waals surface area contributed by atoms with E-state index in [1.165, 1.54) is 6.07 Å². The summed E-state index contributed by atoms with van der Waals surface area (Å²) in [5.41, 5.74) is 1.56. The van der Waals surface area contributed by atoms with Crippen LogP contribution in [0, 0.1) is 11.7 Å². The van der Waals surface area contributed by atoms with Crippen molar-refractivity contribution in [2.45, 2.75) is 37.0 Å². The minimum atomic E-state index is -0.813. The Morgan fingerprint density at radius 3 is 2.72 bits per heavy atom. The molecule has 2 atom stereocenters. The number of hydrogen-bond acceptors (Lipinski definition) is 5. The van der Waals surface area contributed by atoms with E-state index >= 15 is 0 Å². The third kappa shape index (κ3) is 5.90. The molecule has 2 aliphatic rings. The summed E-state index contributed by atoms with van der Waals surface area (Å²) in [6, 6.07) is 6.01. The van der Waals surface area contributed by atoms with Gasteiger partial charge in [0.1, 0.15) is 5.82 Å². The molecule has 0 amide bonds. The van der Waals surface area contributed by atoms with Gasteiger partial charge in [-0.2, -0.15) is 12.6 Å². The number of thiol groups is 1. The van der Waals surface area contributed by atoms with Gasteiger partial charge in [-0.05, 0) is 37.9 Å². The van der Waals surface area contributed by atoms with E-state index in [1.807, 2.05) is 11.9 Å². The van der Waals surface area contributed by atoms with Crippen molar-refractivity contribution in [1.29, 1.82) is 0 Å². The summed E-state index contributed by atoms with van der Waals surface area (Å²) >= 11 is 4.70. The molecule has 5 nitrogen and oxygen atoms in total. The highest BCUT2D eigenvalue weighted by Crippen LogP contribution is 2.39. The molecule has 0 aromatic heterocycles. The molecular formula is C22H29FN2O3S. The number of aliphatic carboxylic acids is 1. The monoisotopic (exact) mass is 420 g/mol. The highest BCUT2D eigenvalue weighted by Gasteiger charge is 2.40. The largest absolute Gasteiger partial charge is 0.481 e. The lowest BCUT2D eigenvalue weighted by atomic mass is 9.93. The highest BCUT2D eigenvalue weighted by atomic mass is 32.1. The molecule has 7 heteroatoms. The summed E-state index contributed by atoms with van der Waals surface area (Å²) in [7, 11) is 1.88. The van der Waals surface area contributed by atoms with Gasteiger partial charge in [-0.3, -0.25) is 14.5 Å². The molecule has 1 aromatic carbocycles. The number of nitrogens with zero attached hydrogens (tertiary/aromatic N) is 2. The maximum Gasteiger partial charge on any atom is 0.304 e. The summed E-state index contributed by atoms with van der Waals surface area (Å²) < 4.78 is 14.6. The first-order valence-electron chi connectivity index (χ1n) is 10.2. The van der Waals surface area contributed by atoms with Gasteiger partial charge in [-0.1, -0.05) is 24.3 Å². The number of carbonyl (C=O) groups excluding carboxylic acids is 1. The van der Waals surface area contributed by atoms with Gasteiger partial charge < -0.3 is 10.0 Å². The van der Waals surface area contributed by atoms with Crippen molar-refractivity contribution in [3.63, 3.8) is 0 Å². The maximum absolute atomic E-state index is 14.6. The second kappa shape index (κ2) is 9.87. The minimum absolute atomic E-state index is 0.0444. The van der Waals surface area contributed by atoms with E-state index in [0.717, 1.165) is 24.8 Å². The number of carboxylic acid groups (broad SMARTS) is 1. The molecule has 0 bridgehead atoms. The molecular weight excluding hydrogens is 391 g/mol. The van der Waals surface area contributed by atoms with E-state index < -0.39 is 12.0 Å². The Morgan fingerprint density at radius 2 is 2.07 bits per heavy atom. The van der Waals surface area contributed by atoms with Crippen molar-refractivity contribution in [1.82, 2.24) is 9.80 Å². The van der Waals surface area contributed by atoms with Crippen LogP contribution in [0.25, 0.3) is 0 Å². The summed E-state index contributed by atoms with van der Waals surface area (Å²) in [6.45, 7) is 2.35. The second-order valence-corrected chi connectivity index (χ2v) is 8.68. The Morgan fingerprint density at radius 1 is 1.34 bits per heavy atom. The second-order valence-electron chi connectivity index (χ2n) is 8.06. The Balaban J connectivity index is 1.75. The van der Waals surface area contributed by atoms with Crippen molar-refractivity contribution in [2.24, 2.45) is 5.92 Å². The van der Waals surface area contributed by atoms with E-state index in [-0.39, 0.29) is 29.2 Å². The third-order valence-corrected chi connectivity index (χ3v) is 6.28. The van der Waals surface area contributed by atoms with Gasteiger partial charge in [-0.15, -0.1) is 0 Å². The fraction of sp³-hybridized carbons (Fsp3) is 0.545. The number of carboxylic acids is 1. The summed E-state index contributed by atoms with van der Waals surface area (Å²) in [5.74, 6) is -0.987. The molecule has 1 aliphatic carbocycles. The van der Waals surface area contributed by atoms with E-state index in [9.17, 15) is 14.0 Å². The number of hydrogen-bond donors (Lipinski definition) is 2. The lowest BCUT2D eigenvalue weighted by Gasteiger charge is -2.38. The number of benzene rings is 1. The summed E-state index contributed by atoms with van der Waals surface area (Å²) in [4.78, 5) is 27.8. The SMILES string of the molecule is CN(C/C=C1/CN(C(C(=O)C2CC2)c2ccccc2F)CCC1S)CCC(=O)O. The molecule has 1 saturated heterocycles. The van der Waals surface area contributed by atoms with E-state index in [1.54, 1.807) is 18.2 Å². The maximum atomic E-state index is 14.6. The minimum Gasteiger partial charge on any atom is -0.481 e. The molecule has 1 heterocycles. The Kier molecular flexibility index (Phi) is 7.49. The average molecular weight is 421 g/mol. The lowest BCUT2D eigenvalue weighted by Crippen LogP contribution is -2.43. The van der Waals surface area contributed by atoms with Crippen molar-refractivity contribution in [3.8, 4) is 0 Å². The summed E-state index contributed by atoms with van der Waals surface area (Å²) in [5, 5.41) is 8.92. The standard InChI is InChI=1S/C22H29FN2O3S/c1-24(12-10-20(26)27)11-8-16-14-25(13-9-19(16)29)21(22(28)15-6-7-15)17-4-2-3-5-18(17)23/h2-5,8,15,19,21,29H,6-7,9-14H2,1H3,(H,26,27)/b16-8-. The highest BCUT2D eigenvalue weighted by molar-refractivity contribution is 7.81. The number of ketones is 1. The van der Waals surface area contributed by atoms with Crippen LogP contribution < -0.4 is 0 Å². The first-order chi connectivity index (χ1) is 13.9. The number of Topliss-reactive ketones (excluding diaryl/α,β-unsaturated/α-hetero) is 1. The number of rotatable bonds is 9. The van der Waals surface area contributed by atoms with Crippen LogP contribution in [0.3, 0.4) is 0 Å². The van der Waals surface area contributed by atoms with E-state index in [2.05, 4.69) is 11.0 Å². The van der Waals surface area contributed by atoms with Crippen LogP contribution in [-0.2, 0) is 9.59 Å². The topological polar surface area (TPSA) is 60.9 Å². The van der Waals surface area contributed by atoms with Gasteiger partial charge in [0.2, 0.25) is 0 Å². The van der Waals surface area contributed by atoms with Crippen molar-refractivity contribution >= 4 is 24.4 Å². The van der Waals surface area contributed by atoms with Gasteiger partial charge in [0, 0.05) is 42.9 Å². The number of carbonyl (C=O) groups is 2. The van der Waals surface area contributed by atoms with Crippen LogP contribution in [-0.4, -0.2) is 65.1 Å². The molecule has 0 spiro atoms. The van der Waals surface area contributed by atoms with E-state index in [0.29, 0.717) is 31.7 Å². The van der Waals surface area contributed by atoms with Crippen LogP contribution in [0.5, 0.6) is 0 Å². The van der Waals surface area contributed by atoms with Crippen LogP contribution in [0.1, 0.15) is 37.3 Å². The third-order valence-electron chi connectivity index (χ3n) is 5.69. The zero-order valence-electron chi connectivity index (χ0n) is 16.8. The number of piperidine rings is 1. The first kappa shape index (κ1) is 22.0. The number of halogens is 1. The number of likely N-dealkylation sites (tertiary alicyclic amines) is 1. The average Bonchev–Trinajstić information content (AvgIpc) is 3.53. The zero-order valence-corrected chi connectivity index (χ0v) is 17.7. The number of likely N-dealkylation sites (N-methyl/N-ethyl adjacent to an activating group) is 1. The van der Waals surface area contributed by atoms with E-state index in [4.69, 9.17) is 17.7 Å². The predicted octanol–water partition coefficient (Wildman–Crippen LogP) is 3.18. The van der Waals surface area contributed by atoms with Crippen LogP contribution >= 0.6 is 12.6 Å². The lowest BCUT2D eigenvalue weighted by molar-refractivity contribution is -0.137. The van der Waals surface area contributed by atoms with Crippen LogP contribution in [0.4, 0.5) is 4.39 Å². The van der Waals surface area contributed by atoms with Gasteiger partial charge in [0.25, 0.3) is 0 Å². The van der Waals surface area contributed by atoms with Crippen molar-refractivity contribution in [2.75, 3.05) is 33.2 Å². The predicted molar refractivity (Wildman–Crippen MR) is 114 cm³/mol. The van der Waals surface area contributed by atoms with Gasteiger partial charge in [0.15, 0.2) is 5.78 Å². The molecule has 1 saturated carbocycles. The molecule has 1 aromatic rings. The zero-order chi connectivity index (χ0) is 21.0. The van der Waals surface area contributed by atoms with Crippen LogP contribution in [0.2, 0.25) is 0 Å². The fourth-order valence-electron chi connectivity index (χ4n) is 3.78. The van der Waals surface area contributed by atoms with Gasteiger partial charge in [0.05, 0.1) is 12.5 Å². The summed E-state index contributed by atoms with van der Waals surface area (Å²) in [6.07, 6.45) is 4.75. The molecule has 1 aliphatic heterocycles. The molecule has 3 rings (SSSR count). The smallest absolute Gasteiger partial charge is 0.304 e. The molecule has 158 valence electrons. The van der Waals surface area contributed by atoms with Crippen molar-refractivity contribution < 1.29 is 19.1 Å². The fourth-order valence-corrected chi connectivity index (χ4v) is 4.08. The molecule has 29 heavy (non-hydrogen) atoms. The first-order valence-corrected chi connectivity index (χ1v) is 10.7. The molecule has 1 N–H and O–H groups in total. The Labute approximate surface area is 177 Å². The molecule has 2 unspecified atom stereocenters. The van der Waals surface area contributed by atoms with Gasteiger partial charge >= 0.3 is 5.97 Å². The Hall–Kier alpha value is -1.70. The normalized spacial score (nSPS) is 22.8. The van der Waals surface area contributed by atoms with Crippen molar-refractivity contribution in [3.05, 3.63) is 47.3 Å². The molecule has 0 radical (unpaired) electrons. The Bertz CT molecular complexity index is 781. The van der Waals surface area contributed by atoms with Crippen LogP contribution in [0.15, 0.2) is 35.9 Å². The van der Waals surface area contributed by atoms with Gasteiger partial charge in [-0.25, -0.2) is 4.39 Å². The quantitative estimate of drug-likeness (QED) is 0.475.